The van der Waals surface area contributed by atoms with Crippen LogP contribution in [0.2, 0.25) is 0 Å². The molecule has 0 aromatic rings. The highest BCUT2D eigenvalue weighted by atomic mass is 16.2. The van der Waals surface area contributed by atoms with Crippen LogP contribution >= 0.6 is 0 Å². The van der Waals surface area contributed by atoms with E-state index in [9.17, 15) is 4.79 Å². The van der Waals surface area contributed by atoms with E-state index in [2.05, 4.69) is 6.07 Å². The summed E-state index contributed by atoms with van der Waals surface area (Å²) in [6, 6.07) is 2.47. The van der Waals surface area contributed by atoms with E-state index < -0.39 is 0 Å². The lowest BCUT2D eigenvalue weighted by molar-refractivity contribution is -0.135. The number of carbonyl (C=O) groups excluding carboxylic acids is 1. The average Bonchev–Trinajstić information content (AvgIpc) is 3.04. The lowest BCUT2D eigenvalue weighted by atomic mass is 10.1. The molecule has 4 nitrogen and oxygen atoms in total. The highest BCUT2D eigenvalue weighted by Crippen LogP contribution is 2.28. The maximum Gasteiger partial charge on any atom is 0.227 e. The van der Waals surface area contributed by atoms with Crippen LogP contribution in [0.15, 0.2) is 0 Å². The van der Waals surface area contributed by atoms with Crippen molar-refractivity contribution < 1.29 is 4.79 Å². The zero-order chi connectivity index (χ0) is 11.3. The van der Waals surface area contributed by atoms with Crippen molar-refractivity contribution in [1.29, 1.82) is 5.26 Å². The normalized spacial score (nSPS) is 16.9. The molecule has 84 valence electrons. The number of nitrogens with zero attached hydrogens (tertiary/aromatic N) is 2. The van der Waals surface area contributed by atoms with Gasteiger partial charge in [0.25, 0.3) is 0 Å². The van der Waals surface area contributed by atoms with Gasteiger partial charge in [0.15, 0.2) is 0 Å². The molecule has 1 aliphatic carbocycles. The molecule has 2 N–H and O–H groups in total. The zero-order valence-corrected chi connectivity index (χ0v) is 9.28. The molecule has 1 rings (SSSR count). The molecule has 0 heterocycles. The number of rotatable bonds is 6. The van der Waals surface area contributed by atoms with Gasteiger partial charge in [-0.2, -0.15) is 5.26 Å². The fraction of sp³-hybridized carbons (Fsp3) is 0.818. The molecule has 4 heteroatoms. The topological polar surface area (TPSA) is 70.1 Å². The van der Waals surface area contributed by atoms with Gasteiger partial charge >= 0.3 is 0 Å². The maximum absolute atomic E-state index is 12.0. The van der Waals surface area contributed by atoms with Crippen molar-refractivity contribution in [1.82, 2.24) is 4.90 Å². The number of hydrogen-bond donors (Lipinski definition) is 1. The van der Waals surface area contributed by atoms with Crippen LogP contribution in [0.5, 0.6) is 0 Å². The van der Waals surface area contributed by atoms with Gasteiger partial charge in [0.1, 0.15) is 0 Å². The summed E-state index contributed by atoms with van der Waals surface area (Å²) in [4.78, 5) is 13.9. The van der Waals surface area contributed by atoms with E-state index in [1.807, 2.05) is 11.8 Å². The second-order valence-electron chi connectivity index (χ2n) is 4.01. The summed E-state index contributed by atoms with van der Waals surface area (Å²) in [5, 5.41) is 8.54. The van der Waals surface area contributed by atoms with E-state index in [1.54, 1.807) is 0 Å². The van der Waals surface area contributed by atoms with Gasteiger partial charge < -0.3 is 10.6 Å². The van der Waals surface area contributed by atoms with E-state index in [4.69, 9.17) is 11.0 Å². The minimum Gasteiger partial charge on any atom is -0.338 e. The highest BCUT2D eigenvalue weighted by Gasteiger charge is 2.34. The molecule has 1 aliphatic rings. The first-order valence-corrected chi connectivity index (χ1v) is 5.62. The predicted octanol–water partition coefficient (Wildman–Crippen LogP) is 0.876. The van der Waals surface area contributed by atoms with E-state index in [0.717, 1.165) is 19.3 Å². The first-order chi connectivity index (χ1) is 7.24. The first kappa shape index (κ1) is 12.0. The Kier molecular flexibility index (Phi) is 4.57. The zero-order valence-electron chi connectivity index (χ0n) is 9.28. The molecule has 0 saturated heterocycles. The summed E-state index contributed by atoms with van der Waals surface area (Å²) in [5.41, 5.74) is 5.56. The molecule has 1 amide bonds. The third kappa shape index (κ3) is 3.21. The lowest BCUT2D eigenvalue weighted by Crippen LogP contribution is -2.40. The van der Waals surface area contributed by atoms with Gasteiger partial charge in [-0.3, -0.25) is 4.79 Å². The summed E-state index contributed by atoms with van der Waals surface area (Å²) < 4.78 is 0. The SMILES string of the molecule is CCC(CN)C(=O)N(CCC#N)C1CC1. The van der Waals surface area contributed by atoms with Crippen LogP contribution in [0.3, 0.4) is 0 Å². The first-order valence-electron chi connectivity index (χ1n) is 5.62. The van der Waals surface area contributed by atoms with Gasteiger partial charge in [-0.15, -0.1) is 0 Å². The van der Waals surface area contributed by atoms with Crippen LogP contribution in [-0.4, -0.2) is 29.9 Å². The number of hydrogen-bond acceptors (Lipinski definition) is 3. The molecule has 0 aromatic carbocycles. The van der Waals surface area contributed by atoms with Crippen molar-refractivity contribution in [3.63, 3.8) is 0 Å². The molecular formula is C11H19N3O. The van der Waals surface area contributed by atoms with Gasteiger partial charge in [0.05, 0.1) is 18.4 Å². The Bertz CT molecular complexity index is 251. The third-order valence-electron chi connectivity index (χ3n) is 2.86. The molecule has 1 fully saturated rings. The minimum absolute atomic E-state index is 0.0655. The highest BCUT2D eigenvalue weighted by molar-refractivity contribution is 5.79. The maximum atomic E-state index is 12.0. The smallest absolute Gasteiger partial charge is 0.227 e. The van der Waals surface area contributed by atoms with Gasteiger partial charge in [-0.25, -0.2) is 0 Å². The van der Waals surface area contributed by atoms with Gasteiger partial charge in [-0.05, 0) is 19.3 Å². The Hall–Kier alpha value is -1.08. The van der Waals surface area contributed by atoms with Crippen molar-refractivity contribution >= 4 is 5.91 Å². The van der Waals surface area contributed by atoms with Crippen LogP contribution in [0, 0.1) is 17.2 Å². The molecular weight excluding hydrogens is 190 g/mol. The fourth-order valence-corrected chi connectivity index (χ4v) is 1.71. The number of carbonyl (C=O) groups is 1. The molecule has 0 aliphatic heterocycles. The Morgan fingerprint density at radius 3 is 2.73 bits per heavy atom. The Balaban J connectivity index is 2.54. The minimum atomic E-state index is -0.0655. The van der Waals surface area contributed by atoms with Crippen LogP contribution in [-0.2, 0) is 4.79 Å². The number of nitrogens with two attached hydrogens (primary N) is 1. The van der Waals surface area contributed by atoms with Crippen molar-refractivity contribution in [2.45, 2.75) is 38.6 Å². The lowest BCUT2D eigenvalue weighted by Gasteiger charge is -2.25. The molecule has 0 radical (unpaired) electrons. The predicted molar refractivity (Wildman–Crippen MR) is 57.8 cm³/mol. The van der Waals surface area contributed by atoms with Crippen molar-refractivity contribution in [3.05, 3.63) is 0 Å². The van der Waals surface area contributed by atoms with E-state index in [0.29, 0.717) is 25.6 Å². The molecule has 0 aromatic heterocycles. The van der Waals surface area contributed by atoms with Crippen LogP contribution in [0.1, 0.15) is 32.6 Å². The number of nitriles is 1. The van der Waals surface area contributed by atoms with Crippen LogP contribution < -0.4 is 5.73 Å². The Morgan fingerprint density at radius 1 is 1.67 bits per heavy atom. The molecule has 0 bridgehead atoms. The van der Waals surface area contributed by atoms with Crippen molar-refractivity contribution in [2.24, 2.45) is 11.7 Å². The molecule has 1 saturated carbocycles. The summed E-state index contributed by atoms with van der Waals surface area (Å²) in [6.45, 7) is 2.95. The quantitative estimate of drug-likeness (QED) is 0.705. The average molecular weight is 209 g/mol. The van der Waals surface area contributed by atoms with Crippen molar-refractivity contribution in [3.8, 4) is 6.07 Å². The number of amides is 1. The standard InChI is InChI=1S/C11H19N3O/c1-2-9(8-13)11(15)14(7-3-6-12)10-4-5-10/h9-10H,2-5,7-8,13H2,1H3. The Morgan fingerprint density at radius 2 is 2.33 bits per heavy atom. The fourth-order valence-electron chi connectivity index (χ4n) is 1.71. The van der Waals surface area contributed by atoms with E-state index in [-0.39, 0.29) is 11.8 Å². The monoisotopic (exact) mass is 209 g/mol. The van der Waals surface area contributed by atoms with Crippen LogP contribution in [0.25, 0.3) is 0 Å². The van der Waals surface area contributed by atoms with Crippen LogP contribution in [0.4, 0.5) is 0 Å². The van der Waals surface area contributed by atoms with Gasteiger partial charge in [-0.1, -0.05) is 6.92 Å². The summed E-state index contributed by atoms with van der Waals surface area (Å²) in [7, 11) is 0. The largest absolute Gasteiger partial charge is 0.338 e. The van der Waals surface area contributed by atoms with Crippen molar-refractivity contribution in [2.75, 3.05) is 13.1 Å². The second kappa shape index (κ2) is 5.72. The van der Waals surface area contributed by atoms with E-state index in [1.165, 1.54) is 0 Å². The van der Waals surface area contributed by atoms with Gasteiger partial charge in [0, 0.05) is 19.1 Å². The van der Waals surface area contributed by atoms with E-state index >= 15 is 0 Å². The summed E-state index contributed by atoms with van der Waals surface area (Å²) in [6.07, 6.45) is 3.37. The molecule has 1 atom stereocenters. The Labute approximate surface area is 91.0 Å². The summed E-state index contributed by atoms with van der Waals surface area (Å²) >= 11 is 0. The van der Waals surface area contributed by atoms with Gasteiger partial charge in [0.2, 0.25) is 5.91 Å². The summed E-state index contributed by atoms with van der Waals surface area (Å²) in [5.74, 6) is 0.0713. The molecule has 1 unspecified atom stereocenters. The third-order valence-corrected chi connectivity index (χ3v) is 2.86. The second-order valence-corrected chi connectivity index (χ2v) is 4.01. The molecule has 15 heavy (non-hydrogen) atoms. The molecule has 0 spiro atoms.